The first kappa shape index (κ1) is 18.3. The first-order chi connectivity index (χ1) is 13.3. The summed E-state index contributed by atoms with van der Waals surface area (Å²) in [4.78, 5) is 17.8. The molecule has 0 saturated heterocycles. The molecule has 140 valence electrons. The number of nitrogens with zero attached hydrogens (tertiary/aromatic N) is 2. The number of benzene rings is 1. The van der Waals surface area contributed by atoms with E-state index in [1.54, 1.807) is 23.1 Å². The number of thiophene rings is 1. The van der Waals surface area contributed by atoms with E-state index in [4.69, 9.17) is 4.52 Å². The Labute approximate surface area is 166 Å². The van der Waals surface area contributed by atoms with Gasteiger partial charge in [-0.15, -0.1) is 23.1 Å². The molecular weight excluding hydrogens is 378 g/mol. The van der Waals surface area contributed by atoms with Crippen LogP contribution in [-0.2, 0) is 11.2 Å². The predicted molar refractivity (Wildman–Crippen MR) is 110 cm³/mol. The summed E-state index contributed by atoms with van der Waals surface area (Å²) in [5.74, 6) is 1.70. The fraction of sp³-hybridized carbons (Fsp3) is 0.350. The van der Waals surface area contributed by atoms with E-state index >= 15 is 0 Å². The number of para-hydroxylation sites is 1. The second-order valence-corrected chi connectivity index (χ2v) is 8.82. The zero-order valence-electron chi connectivity index (χ0n) is 14.9. The monoisotopic (exact) mass is 399 g/mol. The third kappa shape index (κ3) is 4.78. The minimum atomic E-state index is 0.0455. The van der Waals surface area contributed by atoms with Gasteiger partial charge in [-0.25, -0.2) is 0 Å². The number of thioether (sulfide) groups is 1. The van der Waals surface area contributed by atoms with Gasteiger partial charge in [0.25, 0.3) is 0 Å². The van der Waals surface area contributed by atoms with Gasteiger partial charge in [0.15, 0.2) is 0 Å². The molecule has 2 aromatic heterocycles. The number of rotatable bonds is 7. The van der Waals surface area contributed by atoms with Gasteiger partial charge in [-0.1, -0.05) is 42.3 Å². The molecule has 1 aliphatic carbocycles. The Hall–Kier alpha value is -2.12. The number of amides is 1. The summed E-state index contributed by atoms with van der Waals surface area (Å²) in [6.45, 7) is 0. The van der Waals surface area contributed by atoms with Crippen LogP contribution in [0.3, 0.4) is 0 Å². The van der Waals surface area contributed by atoms with E-state index in [1.807, 2.05) is 41.8 Å². The summed E-state index contributed by atoms with van der Waals surface area (Å²) < 4.78 is 5.40. The summed E-state index contributed by atoms with van der Waals surface area (Å²) >= 11 is 3.35. The van der Waals surface area contributed by atoms with Crippen LogP contribution in [0.25, 0.3) is 10.7 Å². The van der Waals surface area contributed by atoms with Gasteiger partial charge >= 0.3 is 0 Å². The van der Waals surface area contributed by atoms with Crippen molar-refractivity contribution in [1.29, 1.82) is 0 Å². The standard InChI is InChI=1S/C20H21N3O2S2/c24-18(13-27-15-7-2-3-8-15)21-16-9-4-1-6-14(16)12-19-22-20(23-25-19)17-10-5-11-26-17/h1,4-6,9-11,15H,2-3,7-8,12-13H2,(H,21,24). The lowest BCUT2D eigenvalue weighted by molar-refractivity contribution is -0.113. The first-order valence-corrected chi connectivity index (χ1v) is 11.1. The summed E-state index contributed by atoms with van der Waals surface area (Å²) in [5, 5.41) is 9.72. The number of aromatic nitrogens is 2. The Bertz CT molecular complexity index is 886. The van der Waals surface area contributed by atoms with Crippen molar-refractivity contribution in [2.75, 3.05) is 11.1 Å². The van der Waals surface area contributed by atoms with Gasteiger partial charge in [0, 0.05) is 10.9 Å². The van der Waals surface area contributed by atoms with Crippen molar-refractivity contribution < 1.29 is 9.32 Å². The molecule has 0 atom stereocenters. The molecule has 0 bridgehead atoms. The van der Waals surface area contributed by atoms with Crippen molar-refractivity contribution in [3.63, 3.8) is 0 Å². The smallest absolute Gasteiger partial charge is 0.234 e. The summed E-state index contributed by atoms with van der Waals surface area (Å²) in [6, 6.07) is 11.7. The van der Waals surface area contributed by atoms with Gasteiger partial charge in [0.05, 0.1) is 17.1 Å². The van der Waals surface area contributed by atoms with E-state index < -0.39 is 0 Å². The molecule has 7 heteroatoms. The van der Waals surface area contributed by atoms with Crippen LogP contribution in [0.5, 0.6) is 0 Å². The molecule has 4 rings (SSSR count). The third-order valence-corrected chi connectivity index (χ3v) is 6.83. The summed E-state index contributed by atoms with van der Waals surface area (Å²) in [5.41, 5.74) is 1.78. The van der Waals surface area contributed by atoms with Crippen LogP contribution in [0.4, 0.5) is 5.69 Å². The van der Waals surface area contributed by atoms with Crippen molar-refractivity contribution in [1.82, 2.24) is 10.1 Å². The van der Waals surface area contributed by atoms with E-state index in [1.165, 1.54) is 25.7 Å². The van der Waals surface area contributed by atoms with E-state index in [9.17, 15) is 4.79 Å². The number of hydrogen-bond donors (Lipinski definition) is 1. The largest absolute Gasteiger partial charge is 0.339 e. The maximum atomic E-state index is 12.4. The molecule has 5 nitrogen and oxygen atoms in total. The number of hydrogen-bond acceptors (Lipinski definition) is 6. The predicted octanol–water partition coefficient (Wildman–Crippen LogP) is 5.00. The second kappa shape index (κ2) is 8.71. The van der Waals surface area contributed by atoms with Crippen LogP contribution in [0.15, 0.2) is 46.3 Å². The molecule has 0 radical (unpaired) electrons. The highest BCUT2D eigenvalue weighted by Gasteiger charge is 2.17. The van der Waals surface area contributed by atoms with E-state index in [2.05, 4.69) is 15.5 Å². The zero-order chi connectivity index (χ0) is 18.5. The molecule has 0 aliphatic heterocycles. The number of carbonyl (C=O) groups excluding carboxylic acids is 1. The van der Waals surface area contributed by atoms with Crippen LogP contribution in [0.1, 0.15) is 37.1 Å². The van der Waals surface area contributed by atoms with Crippen molar-refractivity contribution >= 4 is 34.7 Å². The van der Waals surface area contributed by atoms with Gasteiger partial charge in [0.2, 0.25) is 17.6 Å². The van der Waals surface area contributed by atoms with Crippen LogP contribution < -0.4 is 5.32 Å². The number of nitrogens with one attached hydrogen (secondary N) is 1. The molecule has 1 aromatic carbocycles. The molecule has 27 heavy (non-hydrogen) atoms. The number of carbonyl (C=O) groups is 1. The summed E-state index contributed by atoms with van der Waals surface area (Å²) in [6.07, 6.45) is 5.54. The molecule has 1 saturated carbocycles. The average molecular weight is 400 g/mol. The van der Waals surface area contributed by atoms with Crippen LogP contribution in [-0.4, -0.2) is 27.1 Å². The highest BCUT2D eigenvalue weighted by molar-refractivity contribution is 8.00. The first-order valence-electron chi connectivity index (χ1n) is 9.14. The molecule has 0 unspecified atom stereocenters. The van der Waals surface area contributed by atoms with Crippen molar-refractivity contribution in [2.45, 2.75) is 37.4 Å². The fourth-order valence-corrected chi connectivity index (χ4v) is 5.00. The lowest BCUT2D eigenvalue weighted by atomic mass is 10.1. The Morgan fingerprint density at radius 2 is 2.07 bits per heavy atom. The Kier molecular flexibility index (Phi) is 5.89. The third-order valence-electron chi connectivity index (χ3n) is 4.60. The molecule has 1 N–H and O–H groups in total. The average Bonchev–Trinajstić information content (AvgIpc) is 3.44. The Morgan fingerprint density at radius 3 is 2.89 bits per heavy atom. The lowest BCUT2D eigenvalue weighted by Gasteiger charge is -2.11. The Morgan fingerprint density at radius 1 is 1.22 bits per heavy atom. The van der Waals surface area contributed by atoms with Crippen molar-refractivity contribution in [3.05, 3.63) is 53.2 Å². The van der Waals surface area contributed by atoms with E-state index in [-0.39, 0.29) is 5.91 Å². The maximum Gasteiger partial charge on any atom is 0.234 e. The molecule has 3 aromatic rings. The summed E-state index contributed by atoms with van der Waals surface area (Å²) in [7, 11) is 0. The molecule has 1 aliphatic rings. The van der Waals surface area contributed by atoms with Crippen molar-refractivity contribution in [2.24, 2.45) is 0 Å². The van der Waals surface area contributed by atoms with Crippen LogP contribution in [0.2, 0.25) is 0 Å². The van der Waals surface area contributed by atoms with Gasteiger partial charge < -0.3 is 9.84 Å². The van der Waals surface area contributed by atoms with Gasteiger partial charge in [0.1, 0.15) is 0 Å². The SMILES string of the molecule is O=C(CSC1CCCC1)Nc1ccccc1Cc1nc(-c2cccs2)no1. The van der Waals surface area contributed by atoms with Gasteiger partial charge in [-0.3, -0.25) is 4.79 Å². The van der Waals surface area contributed by atoms with Crippen molar-refractivity contribution in [3.8, 4) is 10.7 Å². The van der Waals surface area contributed by atoms with Gasteiger partial charge in [-0.2, -0.15) is 4.98 Å². The Balaban J connectivity index is 1.39. The van der Waals surface area contributed by atoms with Crippen LogP contribution >= 0.6 is 23.1 Å². The minimum Gasteiger partial charge on any atom is -0.339 e. The zero-order valence-corrected chi connectivity index (χ0v) is 16.5. The second-order valence-electron chi connectivity index (χ2n) is 6.59. The molecular formula is C20H21N3O2S2. The van der Waals surface area contributed by atoms with Gasteiger partial charge in [-0.05, 0) is 35.9 Å². The minimum absolute atomic E-state index is 0.0455. The molecule has 0 spiro atoms. The molecule has 2 heterocycles. The highest BCUT2D eigenvalue weighted by atomic mass is 32.2. The number of anilines is 1. The molecule has 1 amide bonds. The topological polar surface area (TPSA) is 68.0 Å². The maximum absolute atomic E-state index is 12.4. The quantitative estimate of drug-likeness (QED) is 0.605. The highest BCUT2D eigenvalue weighted by Crippen LogP contribution is 2.29. The van der Waals surface area contributed by atoms with E-state index in [0.717, 1.165) is 16.1 Å². The molecule has 1 fully saturated rings. The lowest BCUT2D eigenvalue weighted by Crippen LogP contribution is -2.17. The fourth-order valence-electron chi connectivity index (χ4n) is 3.23. The normalized spacial score (nSPS) is 14.5. The van der Waals surface area contributed by atoms with Crippen LogP contribution in [0, 0.1) is 0 Å². The van der Waals surface area contributed by atoms with E-state index in [0.29, 0.717) is 29.1 Å².